The average molecular weight is 250 g/mol. The van der Waals surface area contributed by atoms with Crippen molar-refractivity contribution in [3.63, 3.8) is 0 Å². The van der Waals surface area contributed by atoms with Gasteiger partial charge in [0.2, 0.25) is 0 Å². The van der Waals surface area contributed by atoms with Gasteiger partial charge in [-0.1, -0.05) is 104 Å². The van der Waals surface area contributed by atoms with Crippen molar-refractivity contribution in [1.29, 1.82) is 0 Å². The number of benzene rings is 2. The minimum absolute atomic E-state index is 1.17. The van der Waals surface area contributed by atoms with Gasteiger partial charge in [0.1, 0.15) is 0 Å². The average Bonchev–Trinajstić information content (AvgIpc) is 2.50. The van der Waals surface area contributed by atoms with Gasteiger partial charge in [-0.15, -0.1) is 0 Å². The Kier molecular flexibility index (Phi) is 10.6. The number of allylic oxidation sites excluding steroid dienone is 2. The highest BCUT2D eigenvalue weighted by atomic mass is 13.8. The summed E-state index contributed by atoms with van der Waals surface area (Å²) in [5.74, 6) is 0. The molecule has 0 amide bonds. The van der Waals surface area contributed by atoms with Gasteiger partial charge in [-0.25, -0.2) is 0 Å². The van der Waals surface area contributed by atoms with Crippen molar-refractivity contribution in [2.45, 2.75) is 6.92 Å². The second-order valence-corrected chi connectivity index (χ2v) is 3.74. The molecule has 0 aliphatic rings. The molecule has 0 saturated heterocycles. The van der Waals surface area contributed by atoms with Crippen molar-refractivity contribution < 1.29 is 0 Å². The molecule has 0 bridgehead atoms. The molecule has 0 aliphatic heterocycles. The van der Waals surface area contributed by atoms with Gasteiger partial charge in [-0.2, -0.15) is 0 Å². The van der Waals surface area contributed by atoms with E-state index in [4.69, 9.17) is 0 Å². The van der Waals surface area contributed by atoms with E-state index in [9.17, 15) is 0 Å². The summed E-state index contributed by atoms with van der Waals surface area (Å²) in [6.45, 7) is 12.4. The fourth-order valence-electron chi connectivity index (χ4n) is 1.12. The van der Waals surface area contributed by atoms with Crippen LogP contribution in [0.15, 0.2) is 92.6 Å². The molecule has 0 heteroatoms. The van der Waals surface area contributed by atoms with Gasteiger partial charge < -0.3 is 0 Å². The quantitative estimate of drug-likeness (QED) is 0.601. The lowest BCUT2D eigenvalue weighted by molar-refractivity contribution is 1.48. The van der Waals surface area contributed by atoms with E-state index in [1.165, 1.54) is 11.1 Å². The zero-order chi connectivity index (χ0) is 14.3. The van der Waals surface area contributed by atoms with Crippen molar-refractivity contribution >= 4 is 6.08 Å². The standard InChI is InChI=1S/C8H8.C7H8.C4H6/c1-2-8-6-4-3-5-7-8;1-7-5-3-2-4-6-7;1-3-4-2/h2-7H,1H2;2-6H,1H3;3-4H,1-2H2. The Balaban J connectivity index is 0.000000272. The Labute approximate surface area is 117 Å². The molecule has 0 nitrogen and oxygen atoms in total. The van der Waals surface area contributed by atoms with Crippen LogP contribution < -0.4 is 0 Å². The monoisotopic (exact) mass is 250 g/mol. The number of aryl methyl sites for hydroxylation is 1. The first-order valence-electron chi connectivity index (χ1n) is 6.17. The largest absolute Gasteiger partial charge is 0.0991 e. The van der Waals surface area contributed by atoms with Crippen LogP contribution in [-0.2, 0) is 0 Å². The highest BCUT2D eigenvalue weighted by molar-refractivity contribution is 5.45. The third-order valence-electron chi connectivity index (χ3n) is 2.14. The number of hydrogen-bond donors (Lipinski definition) is 0. The molecule has 2 rings (SSSR count). The molecule has 98 valence electrons. The van der Waals surface area contributed by atoms with Crippen molar-refractivity contribution in [3.05, 3.63) is 104 Å². The Morgan fingerprint density at radius 2 is 1.11 bits per heavy atom. The van der Waals surface area contributed by atoms with E-state index in [2.05, 4.69) is 38.8 Å². The van der Waals surface area contributed by atoms with E-state index in [0.717, 1.165) is 0 Å². The molecule has 0 aliphatic carbocycles. The van der Waals surface area contributed by atoms with Gasteiger partial charge >= 0.3 is 0 Å². The summed E-state index contributed by atoms with van der Waals surface area (Å²) in [6, 6.07) is 20.3. The topological polar surface area (TPSA) is 0 Å². The lowest BCUT2D eigenvalue weighted by Crippen LogP contribution is -1.63. The molecule has 0 fully saturated rings. The van der Waals surface area contributed by atoms with Gasteiger partial charge in [-0.3, -0.25) is 0 Å². The third kappa shape index (κ3) is 10.5. The molecule has 19 heavy (non-hydrogen) atoms. The van der Waals surface area contributed by atoms with Gasteiger partial charge in [0.05, 0.1) is 0 Å². The van der Waals surface area contributed by atoms with Gasteiger partial charge in [0.15, 0.2) is 0 Å². The highest BCUT2D eigenvalue weighted by Crippen LogP contribution is 1.97. The van der Waals surface area contributed by atoms with E-state index in [-0.39, 0.29) is 0 Å². The SMILES string of the molecule is C=CC=C.C=Cc1ccccc1.Cc1ccccc1. The van der Waals surface area contributed by atoms with E-state index in [1.54, 1.807) is 12.2 Å². The Morgan fingerprint density at radius 1 is 0.684 bits per heavy atom. The van der Waals surface area contributed by atoms with Gasteiger partial charge in [-0.05, 0) is 12.5 Å². The van der Waals surface area contributed by atoms with Gasteiger partial charge in [0.25, 0.3) is 0 Å². The molecular formula is C19H22. The second-order valence-electron chi connectivity index (χ2n) is 3.74. The summed E-state index contributed by atoms with van der Waals surface area (Å²) in [6.07, 6.45) is 5.11. The highest BCUT2D eigenvalue weighted by Gasteiger charge is 1.75. The summed E-state index contributed by atoms with van der Waals surface area (Å²) in [5.41, 5.74) is 2.50. The molecule has 2 aromatic carbocycles. The zero-order valence-corrected chi connectivity index (χ0v) is 11.6. The summed E-state index contributed by atoms with van der Waals surface area (Å²) >= 11 is 0. The summed E-state index contributed by atoms with van der Waals surface area (Å²) in [5, 5.41) is 0. The molecule has 0 aromatic heterocycles. The first-order chi connectivity index (χ1) is 9.24. The van der Waals surface area contributed by atoms with Crippen LogP contribution >= 0.6 is 0 Å². The summed E-state index contributed by atoms with van der Waals surface area (Å²) in [4.78, 5) is 0. The van der Waals surface area contributed by atoms with E-state index < -0.39 is 0 Å². The van der Waals surface area contributed by atoms with Crippen LogP contribution in [0.3, 0.4) is 0 Å². The van der Waals surface area contributed by atoms with Crippen LogP contribution in [0.25, 0.3) is 6.08 Å². The first-order valence-corrected chi connectivity index (χ1v) is 6.17. The Bertz CT molecular complexity index is 446. The summed E-state index contributed by atoms with van der Waals surface area (Å²) in [7, 11) is 0. The molecule has 0 N–H and O–H groups in total. The van der Waals surface area contributed by atoms with Crippen molar-refractivity contribution in [3.8, 4) is 0 Å². The molecule has 0 atom stereocenters. The molecule has 0 saturated carbocycles. The number of rotatable bonds is 2. The van der Waals surface area contributed by atoms with Crippen LogP contribution in [0, 0.1) is 6.92 Å². The van der Waals surface area contributed by atoms with Crippen LogP contribution in [0.1, 0.15) is 11.1 Å². The maximum Gasteiger partial charge on any atom is -0.0263 e. The molecule has 0 heterocycles. The van der Waals surface area contributed by atoms with Crippen molar-refractivity contribution in [1.82, 2.24) is 0 Å². The fraction of sp³-hybridized carbons (Fsp3) is 0.0526. The normalized spacial score (nSPS) is 7.84. The van der Waals surface area contributed by atoms with Crippen molar-refractivity contribution in [2.24, 2.45) is 0 Å². The predicted octanol–water partition coefficient (Wildman–Crippen LogP) is 5.68. The predicted molar refractivity (Wildman–Crippen MR) is 88.1 cm³/mol. The third-order valence-corrected chi connectivity index (χ3v) is 2.14. The van der Waals surface area contributed by atoms with Crippen LogP contribution in [0.2, 0.25) is 0 Å². The fourth-order valence-corrected chi connectivity index (χ4v) is 1.12. The summed E-state index contributed by atoms with van der Waals surface area (Å²) < 4.78 is 0. The molecule has 2 aromatic rings. The Hall–Kier alpha value is -2.34. The molecule has 0 spiro atoms. The first kappa shape index (κ1) is 16.7. The lowest BCUT2D eigenvalue weighted by Gasteiger charge is -1.85. The zero-order valence-electron chi connectivity index (χ0n) is 11.6. The second kappa shape index (κ2) is 12.1. The lowest BCUT2D eigenvalue weighted by atomic mass is 10.2. The van der Waals surface area contributed by atoms with Crippen LogP contribution in [0.5, 0.6) is 0 Å². The smallest absolute Gasteiger partial charge is 0.0263 e. The molecule has 0 radical (unpaired) electrons. The van der Waals surface area contributed by atoms with E-state index in [1.807, 2.05) is 54.6 Å². The Morgan fingerprint density at radius 3 is 1.32 bits per heavy atom. The minimum Gasteiger partial charge on any atom is -0.0991 e. The number of hydrogen-bond acceptors (Lipinski definition) is 0. The minimum atomic E-state index is 1.17. The van der Waals surface area contributed by atoms with Gasteiger partial charge in [0, 0.05) is 0 Å². The molecular weight excluding hydrogens is 228 g/mol. The van der Waals surface area contributed by atoms with E-state index in [0.29, 0.717) is 0 Å². The van der Waals surface area contributed by atoms with Crippen LogP contribution in [0.4, 0.5) is 0 Å². The van der Waals surface area contributed by atoms with Crippen molar-refractivity contribution in [2.75, 3.05) is 0 Å². The maximum absolute atomic E-state index is 3.63. The maximum atomic E-state index is 3.63. The van der Waals surface area contributed by atoms with Crippen LogP contribution in [-0.4, -0.2) is 0 Å². The molecule has 0 unspecified atom stereocenters. The van der Waals surface area contributed by atoms with E-state index >= 15 is 0 Å².